The maximum Gasteiger partial charge on any atom is 0.338 e. The van der Waals surface area contributed by atoms with Crippen molar-refractivity contribution in [2.45, 2.75) is 46.0 Å². The number of nitrogens with zero attached hydrogens (tertiary/aromatic N) is 1. The SMILES string of the molecule is CCCC1=C(C(=O)OCC)C(c2cc3cc(CC)ccc3[nH]c2=O)C(C#N)=C(N)O1. The summed E-state index contributed by atoms with van der Waals surface area (Å²) in [4.78, 5) is 28.7. The average Bonchev–Trinajstić information content (AvgIpc) is 2.73. The summed E-state index contributed by atoms with van der Waals surface area (Å²) in [6, 6.07) is 9.53. The van der Waals surface area contributed by atoms with E-state index < -0.39 is 17.4 Å². The molecule has 1 atom stereocenters. The molecule has 0 radical (unpaired) electrons. The Hall–Kier alpha value is -3.53. The second-order valence-electron chi connectivity index (χ2n) is 7.06. The first-order valence-corrected chi connectivity index (χ1v) is 10.1. The van der Waals surface area contributed by atoms with Gasteiger partial charge in [-0.2, -0.15) is 5.26 Å². The van der Waals surface area contributed by atoms with Gasteiger partial charge in [-0.3, -0.25) is 4.79 Å². The lowest BCUT2D eigenvalue weighted by atomic mass is 9.82. The first-order valence-electron chi connectivity index (χ1n) is 10.1. The molecule has 7 heteroatoms. The monoisotopic (exact) mass is 407 g/mol. The number of nitriles is 1. The number of carbonyl (C=O) groups is 1. The van der Waals surface area contributed by atoms with Gasteiger partial charge in [0.2, 0.25) is 5.88 Å². The van der Waals surface area contributed by atoms with Crippen LogP contribution in [-0.4, -0.2) is 17.6 Å². The van der Waals surface area contributed by atoms with Gasteiger partial charge < -0.3 is 20.2 Å². The predicted molar refractivity (Wildman–Crippen MR) is 113 cm³/mol. The van der Waals surface area contributed by atoms with Crippen LogP contribution in [0.3, 0.4) is 0 Å². The Morgan fingerprint density at radius 3 is 2.70 bits per heavy atom. The third kappa shape index (κ3) is 3.81. The predicted octanol–water partition coefficient (Wildman–Crippen LogP) is 3.52. The summed E-state index contributed by atoms with van der Waals surface area (Å²) in [5.41, 5.74) is 7.85. The molecule has 0 bridgehead atoms. The molecule has 3 rings (SSSR count). The van der Waals surface area contributed by atoms with E-state index >= 15 is 0 Å². The van der Waals surface area contributed by atoms with Gasteiger partial charge in [-0.1, -0.05) is 19.9 Å². The lowest BCUT2D eigenvalue weighted by molar-refractivity contribution is -0.139. The van der Waals surface area contributed by atoms with Crippen molar-refractivity contribution in [3.8, 4) is 6.07 Å². The summed E-state index contributed by atoms with van der Waals surface area (Å²) >= 11 is 0. The molecular weight excluding hydrogens is 382 g/mol. The Bertz CT molecular complexity index is 1150. The third-order valence-electron chi connectivity index (χ3n) is 5.13. The number of ether oxygens (including phenoxy) is 2. The molecule has 0 spiro atoms. The molecule has 0 saturated carbocycles. The average molecular weight is 407 g/mol. The number of nitrogens with one attached hydrogen (secondary N) is 1. The van der Waals surface area contributed by atoms with Gasteiger partial charge in [-0.05, 0) is 48.9 Å². The zero-order chi connectivity index (χ0) is 21.8. The highest BCUT2D eigenvalue weighted by Gasteiger charge is 2.38. The second kappa shape index (κ2) is 8.87. The van der Waals surface area contributed by atoms with Crippen LogP contribution < -0.4 is 11.3 Å². The standard InChI is InChI=1S/C23H25N3O4/c1-4-7-18-20(23(28)29-6-3)19(16(12-24)21(25)30-18)15-11-14-10-13(5-2)8-9-17(14)26-22(15)27/h8-11,19H,4-7,25H2,1-3H3,(H,26,27). The molecule has 1 aliphatic heterocycles. The van der Waals surface area contributed by atoms with Crippen LogP contribution in [0.2, 0.25) is 0 Å². The fourth-order valence-electron chi connectivity index (χ4n) is 3.68. The molecule has 0 saturated heterocycles. The van der Waals surface area contributed by atoms with Crippen LogP contribution in [0.15, 0.2) is 51.8 Å². The molecule has 1 aliphatic rings. The van der Waals surface area contributed by atoms with Gasteiger partial charge in [-0.15, -0.1) is 0 Å². The summed E-state index contributed by atoms with van der Waals surface area (Å²) in [7, 11) is 0. The molecule has 2 heterocycles. The van der Waals surface area contributed by atoms with Gasteiger partial charge in [0.25, 0.3) is 5.56 Å². The normalized spacial score (nSPS) is 16.4. The topological polar surface area (TPSA) is 118 Å². The molecule has 1 aromatic heterocycles. The van der Waals surface area contributed by atoms with E-state index in [0.29, 0.717) is 24.1 Å². The van der Waals surface area contributed by atoms with Crippen LogP contribution in [0, 0.1) is 11.3 Å². The minimum Gasteiger partial charge on any atom is -0.463 e. The number of pyridine rings is 1. The highest BCUT2D eigenvalue weighted by Crippen LogP contribution is 2.40. The Morgan fingerprint density at radius 2 is 2.07 bits per heavy atom. The van der Waals surface area contributed by atoms with Crippen molar-refractivity contribution in [3.63, 3.8) is 0 Å². The van der Waals surface area contributed by atoms with Crippen molar-refractivity contribution < 1.29 is 14.3 Å². The minimum absolute atomic E-state index is 0.0226. The summed E-state index contributed by atoms with van der Waals surface area (Å²) in [6.45, 7) is 5.83. The van der Waals surface area contributed by atoms with E-state index in [1.165, 1.54) is 0 Å². The van der Waals surface area contributed by atoms with Crippen LogP contribution in [0.5, 0.6) is 0 Å². The smallest absolute Gasteiger partial charge is 0.338 e. The maximum atomic E-state index is 13.0. The van der Waals surface area contributed by atoms with E-state index in [4.69, 9.17) is 15.2 Å². The van der Waals surface area contributed by atoms with Gasteiger partial charge in [0.1, 0.15) is 17.4 Å². The Balaban J connectivity index is 2.30. The number of hydrogen-bond donors (Lipinski definition) is 2. The van der Waals surface area contributed by atoms with E-state index in [1.54, 1.807) is 13.0 Å². The molecular formula is C23H25N3O4. The zero-order valence-electron chi connectivity index (χ0n) is 17.4. The lowest BCUT2D eigenvalue weighted by Crippen LogP contribution is -2.29. The number of nitrogens with two attached hydrogens (primary N) is 1. The van der Waals surface area contributed by atoms with Crippen LogP contribution in [-0.2, 0) is 20.7 Å². The molecule has 2 aromatic rings. The number of aromatic nitrogens is 1. The van der Waals surface area contributed by atoms with Crippen molar-refractivity contribution in [3.05, 3.63) is 68.5 Å². The van der Waals surface area contributed by atoms with Crippen molar-refractivity contribution in [1.29, 1.82) is 5.26 Å². The van der Waals surface area contributed by atoms with Crippen LogP contribution in [0.25, 0.3) is 10.9 Å². The highest BCUT2D eigenvalue weighted by atomic mass is 16.5. The molecule has 0 fully saturated rings. The highest BCUT2D eigenvalue weighted by molar-refractivity contribution is 5.93. The van der Waals surface area contributed by atoms with Crippen LogP contribution in [0.4, 0.5) is 0 Å². The fraction of sp³-hybridized carbons (Fsp3) is 0.348. The zero-order valence-corrected chi connectivity index (χ0v) is 17.4. The number of H-pyrrole nitrogens is 1. The number of esters is 1. The molecule has 1 aromatic carbocycles. The van der Waals surface area contributed by atoms with Gasteiger partial charge in [0, 0.05) is 17.5 Å². The van der Waals surface area contributed by atoms with E-state index in [-0.39, 0.29) is 29.2 Å². The maximum absolute atomic E-state index is 13.0. The number of fused-ring (bicyclic) bond motifs is 1. The minimum atomic E-state index is -0.956. The number of carbonyl (C=O) groups excluding carboxylic acids is 1. The Labute approximate surface area is 174 Å². The Morgan fingerprint density at radius 1 is 1.30 bits per heavy atom. The largest absolute Gasteiger partial charge is 0.463 e. The van der Waals surface area contributed by atoms with Crippen LogP contribution in [0.1, 0.15) is 50.7 Å². The summed E-state index contributed by atoms with van der Waals surface area (Å²) in [6.07, 6.45) is 1.95. The van der Waals surface area contributed by atoms with E-state index in [0.717, 1.165) is 17.4 Å². The molecule has 156 valence electrons. The van der Waals surface area contributed by atoms with Crippen molar-refractivity contribution >= 4 is 16.9 Å². The van der Waals surface area contributed by atoms with Crippen LogP contribution >= 0.6 is 0 Å². The van der Waals surface area contributed by atoms with Gasteiger partial charge in [0.15, 0.2) is 0 Å². The van der Waals surface area contributed by atoms with E-state index in [2.05, 4.69) is 4.98 Å². The summed E-state index contributed by atoms with van der Waals surface area (Å²) < 4.78 is 10.9. The number of allylic oxidation sites excluding steroid dienone is 2. The number of hydrogen-bond acceptors (Lipinski definition) is 6. The molecule has 7 nitrogen and oxygen atoms in total. The first-order chi connectivity index (χ1) is 14.4. The number of aromatic amines is 1. The molecule has 1 unspecified atom stereocenters. The molecule has 0 aliphatic carbocycles. The van der Waals surface area contributed by atoms with Crippen molar-refractivity contribution in [2.24, 2.45) is 5.73 Å². The van der Waals surface area contributed by atoms with Gasteiger partial charge >= 0.3 is 5.97 Å². The number of aryl methyl sites for hydroxylation is 1. The molecule has 3 N–H and O–H groups in total. The Kier molecular flexibility index (Phi) is 6.26. The van der Waals surface area contributed by atoms with Crippen molar-refractivity contribution in [2.75, 3.05) is 6.61 Å². The lowest BCUT2D eigenvalue weighted by Gasteiger charge is -2.27. The van der Waals surface area contributed by atoms with Gasteiger partial charge in [-0.25, -0.2) is 4.79 Å². The van der Waals surface area contributed by atoms with Gasteiger partial charge in [0.05, 0.1) is 18.1 Å². The fourth-order valence-corrected chi connectivity index (χ4v) is 3.68. The second-order valence-corrected chi connectivity index (χ2v) is 7.06. The third-order valence-corrected chi connectivity index (χ3v) is 5.13. The first kappa shape index (κ1) is 21.2. The van der Waals surface area contributed by atoms with E-state index in [9.17, 15) is 14.9 Å². The quantitative estimate of drug-likeness (QED) is 0.708. The number of benzene rings is 1. The summed E-state index contributed by atoms with van der Waals surface area (Å²) in [5, 5.41) is 10.6. The van der Waals surface area contributed by atoms with Crippen molar-refractivity contribution in [1.82, 2.24) is 4.98 Å². The number of rotatable bonds is 6. The molecule has 30 heavy (non-hydrogen) atoms. The van der Waals surface area contributed by atoms with E-state index in [1.807, 2.05) is 38.1 Å². The summed E-state index contributed by atoms with van der Waals surface area (Å²) in [5.74, 6) is -1.34. The molecule has 0 amide bonds.